The van der Waals surface area contributed by atoms with Gasteiger partial charge in [0.25, 0.3) is 0 Å². The first-order chi connectivity index (χ1) is 9.82. The third-order valence-electron chi connectivity index (χ3n) is 3.68. The summed E-state index contributed by atoms with van der Waals surface area (Å²) < 4.78 is 38.5. The van der Waals surface area contributed by atoms with Gasteiger partial charge in [-0.15, -0.1) is 0 Å². The highest BCUT2D eigenvalue weighted by Crippen LogP contribution is 2.32. The monoisotopic (exact) mass is 305 g/mol. The van der Waals surface area contributed by atoms with Gasteiger partial charge in [-0.1, -0.05) is 12.8 Å². The Kier molecular flexibility index (Phi) is 4.52. The number of hydrogen-bond donors (Lipinski definition) is 3. The molecular weight excluding hydrogens is 287 g/mol. The SMILES string of the molecule is CN(c1cc(C(F)(F)F)nc(NN)n1)C1CCCCC1O. The van der Waals surface area contributed by atoms with E-state index >= 15 is 0 Å². The zero-order chi connectivity index (χ0) is 15.6. The zero-order valence-corrected chi connectivity index (χ0v) is 11.6. The fourth-order valence-corrected chi connectivity index (χ4v) is 2.54. The first-order valence-corrected chi connectivity index (χ1v) is 6.66. The summed E-state index contributed by atoms with van der Waals surface area (Å²) in [5.74, 6) is 4.90. The normalized spacial score (nSPS) is 23.0. The van der Waals surface area contributed by atoms with Crippen molar-refractivity contribution in [3.63, 3.8) is 0 Å². The summed E-state index contributed by atoms with van der Waals surface area (Å²) in [6, 6.07) is 0.600. The molecule has 9 heteroatoms. The first-order valence-electron chi connectivity index (χ1n) is 6.66. The molecule has 1 aliphatic rings. The molecule has 1 saturated carbocycles. The van der Waals surface area contributed by atoms with Crippen molar-refractivity contribution in [2.45, 2.75) is 44.0 Å². The number of hydrazine groups is 1. The predicted octanol–water partition coefficient (Wildman–Crippen LogP) is 1.52. The molecule has 1 heterocycles. The molecule has 0 saturated heterocycles. The average Bonchev–Trinajstić information content (AvgIpc) is 2.45. The van der Waals surface area contributed by atoms with Crippen molar-refractivity contribution in [3.05, 3.63) is 11.8 Å². The van der Waals surface area contributed by atoms with Crippen molar-refractivity contribution in [1.29, 1.82) is 0 Å². The van der Waals surface area contributed by atoms with Gasteiger partial charge in [-0.25, -0.2) is 10.8 Å². The van der Waals surface area contributed by atoms with Crippen LogP contribution in [0.15, 0.2) is 6.07 Å². The molecule has 0 spiro atoms. The summed E-state index contributed by atoms with van der Waals surface area (Å²) in [6.07, 6.45) is -2.00. The third-order valence-corrected chi connectivity index (χ3v) is 3.68. The van der Waals surface area contributed by atoms with Gasteiger partial charge in [0.1, 0.15) is 5.82 Å². The van der Waals surface area contributed by atoms with E-state index in [0.717, 1.165) is 18.9 Å². The number of halogens is 3. The molecule has 1 aliphatic carbocycles. The molecule has 2 atom stereocenters. The lowest BCUT2D eigenvalue weighted by Gasteiger charge is -2.36. The predicted molar refractivity (Wildman–Crippen MR) is 71.5 cm³/mol. The first kappa shape index (κ1) is 15.8. The lowest BCUT2D eigenvalue weighted by molar-refractivity contribution is -0.141. The molecule has 0 aliphatic heterocycles. The van der Waals surface area contributed by atoms with E-state index in [0.29, 0.717) is 12.8 Å². The van der Waals surface area contributed by atoms with Crippen LogP contribution >= 0.6 is 0 Å². The highest BCUT2D eigenvalue weighted by atomic mass is 19.4. The minimum absolute atomic E-state index is 0.0798. The fourth-order valence-electron chi connectivity index (χ4n) is 2.54. The molecule has 2 unspecified atom stereocenters. The molecule has 0 bridgehead atoms. The van der Waals surface area contributed by atoms with Gasteiger partial charge >= 0.3 is 6.18 Å². The number of alkyl halides is 3. The Bertz CT molecular complexity index is 496. The number of rotatable bonds is 3. The number of aromatic nitrogens is 2. The van der Waals surface area contributed by atoms with Crippen molar-refractivity contribution >= 4 is 11.8 Å². The minimum atomic E-state index is -4.59. The summed E-state index contributed by atoms with van der Waals surface area (Å²) in [5.41, 5.74) is 0.966. The number of anilines is 2. The molecular formula is C12H18F3N5O. The molecule has 21 heavy (non-hydrogen) atoms. The van der Waals surface area contributed by atoms with Gasteiger partial charge in [-0.3, -0.25) is 5.43 Å². The van der Waals surface area contributed by atoms with Gasteiger partial charge in [-0.2, -0.15) is 18.2 Å². The number of nitrogens with zero attached hydrogens (tertiary/aromatic N) is 3. The Morgan fingerprint density at radius 2 is 2.00 bits per heavy atom. The molecule has 4 N–H and O–H groups in total. The molecule has 2 rings (SSSR count). The molecule has 0 amide bonds. The summed E-state index contributed by atoms with van der Waals surface area (Å²) >= 11 is 0. The number of nitrogens with two attached hydrogens (primary N) is 1. The van der Waals surface area contributed by atoms with E-state index in [1.54, 1.807) is 11.9 Å². The summed E-state index contributed by atoms with van der Waals surface area (Å²) in [7, 11) is 1.61. The fraction of sp³-hybridized carbons (Fsp3) is 0.667. The Morgan fingerprint density at radius 1 is 1.33 bits per heavy atom. The van der Waals surface area contributed by atoms with E-state index in [-0.39, 0.29) is 17.8 Å². The van der Waals surface area contributed by atoms with Crippen molar-refractivity contribution in [2.24, 2.45) is 5.84 Å². The lowest BCUT2D eigenvalue weighted by Crippen LogP contribution is -2.44. The molecule has 6 nitrogen and oxygen atoms in total. The van der Waals surface area contributed by atoms with Gasteiger partial charge in [0.2, 0.25) is 5.95 Å². The Labute approximate surface area is 120 Å². The number of hydrogen-bond acceptors (Lipinski definition) is 6. The van der Waals surface area contributed by atoms with Crippen LogP contribution in [0.2, 0.25) is 0 Å². The number of aliphatic hydroxyl groups excluding tert-OH is 1. The average molecular weight is 305 g/mol. The Hall–Kier alpha value is -1.61. The molecule has 1 aromatic heterocycles. The summed E-state index contributed by atoms with van der Waals surface area (Å²) in [4.78, 5) is 8.81. The maximum Gasteiger partial charge on any atom is 0.433 e. The standard InChI is InChI=1S/C12H18F3N5O/c1-20(7-4-2-3-5-8(7)21)10-6-9(12(13,14)15)17-11(18-10)19-16/h6-8,21H,2-5,16H2,1H3,(H,17,18,19). The maximum absolute atomic E-state index is 12.8. The van der Waals surface area contributed by atoms with Crippen LogP contribution < -0.4 is 16.2 Å². The number of nitrogens with one attached hydrogen (secondary N) is 1. The van der Waals surface area contributed by atoms with Crippen LogP contribution in [0.5, 0.6) is 0 Å². The molecule has 0 radical (unpaired) electrons. The van der Waals surface area contributed by atoms with Crippen molar-refractivity contribution < 1.29 is 18.3 Å². The van der Waals surface area contributed by atoms with E-state index in [1.807, 2.05) is 5.43 Å². The van der Waals surface area contributed by atoms with Crippen molar-refractivity contribution in [3.8, 4) is 0 Å². The van der Waals surface area contributed by atoms with Crippen molar-refractivity contribution in [2.75, 3.05) is 17.4 Å². The Balaban J connectivity index is 2.33. The topological polar surface area (TPSA) is 87.3 Å². The van der Waals surface area contributed by atoms with Crippen LogP contribution in [0.4, 0.5) is 24.9 Å². The largest absolute Gasteiger partial charge is 0.433 e. The van der Waals surface area contributed by atoms with Gasteiger partial charge in [0.15, 0.2) is 5.69 Å². The van der Waals surface area contributed by atoms with Crippen LogP contribution in [0.25, 0.3) is 0 Å². The number of nitrogen functional groups attached to an aromatic ring is 1. The third kappa shape index (κ3) is 3.53. The summed E-state index contributed by atoms with van der Waals surface area (Å²) in [5, 5.41) is 10.0. The van der Waals surface area contributed by atoms with E-state index in [9.17, 15) is 18.3 Å². The van der Waals surface area contributed by atoms with Crippen LogP contribution in [0.3, 0.4) is 0 Å². The van der Waals surface area contributed by atoms with Crippen LogP contribution in [0.1, 0.15) is 31.4 Å². The highest BCUT2D eigenvalue weighted by Gasteiger charge is 2.35. The smallest absolute Gasteiger partial charge is 0.391 e. The second kappa shape index (κ2) is 6.02. The minimum Gasteiger partial charge on any atom is -0.391 e. The van der Waals surface area contributed by atoms with E-state index in [4.69, 9.17) is 5.84 Å². The van der Waals surface area contributed by atoms with Crippen LogP contribution in [0, 0.1) is 0 Å². The second-order valence-electron chi connectivity index (χ2n) is 5.11. The molecule has 1 fully saturated rings. The second-order valence-corrected chi connectivity index (χ2v) is 5.11. The van der Waals surface area contributed by atoms with Crippen molar-refractivity contribution in [1.82, 2.24) is 9.97 Å². The van der Waals surface area contributed by atoms with E-state index in [1.165, 1.54) is 0 Å². The van der Waals surface area contributed by atoms with E-state index < -0.39 is 18.0 Å². The van der Waals surface area contributed by atoms with Crippen LogP contribution in [-0.2, 0) is 6.18 Å². The molecule has 1 aromatic rings. The number of aliphatic hydroxyl groups is 1. The molecule has 118 valence electrons. The number of likely N-dealkylation sites (N-methyl/N-ethyl adjacent to an activating group) is 1. The quantitative estimate of drug-likeness (QED) is 0.580. The Morgan fingerprint density at radius 3 is 2.57 bits per heavy atom. The van der Waals surface area contributed by atoms with E-state index in [2.05, 4.69) is 9.97 Å². The maximum atomic E-state index is 12.8. The van der Waals surface area contributed by atoms with Gasteiger partial charge in [0.05, 0.1) is 12.1 Å². The van der Waals surface area contributed by atoms with Gasteiger partial charge in [0, 0.05) is 13.1 Å². The van der Waals surface area contributed by atoms with Gasteiger partial charge < -0.3 is 10.0 Å². The highest BCUT2D eigenvalue weighted by molar-refractivity contribution is 5.45. The van der Waals surface area contributed by atoms with Gasteiger partial charge in [-0.05, 0) is 12.8 Å². The lowest BCUT2D eigenvalue weighted by atomic mass is 9.91. The summed E-state index contributed by atoms with van der Waals surface area (Å²) in [6.45, 7) is 0. The molecule has 0 aromatic carbocycles. The van der Waals surface area contributed by atoms with Crippen LogP contribution in [-0.4, -0.2) is 34.3 Å². The zero-order valence-electron chi connectivity index (χ0n) is 11.6.